The molecule has 0 saturated carbocycles. The van der Waals surface area contributed by atoms with Crippen LogP contribution in [0.1, 0.15) is 6.92 Å². The fourth-order valence-corrected chi connectivity index (χ4v) is 4.19. The maximum absolute atomic E-state index is 10.9. The van der Waals surface area contributed by atoms with Crippen molar-refractivity contribution in [2.45, 2.75) is 6.92 Å². The molecule has 1 aliphatic heterocycles. The zero-order valence-corrected chi connectivity index (χ0v) is 6.76. The second-order valence-electron chi connectivity index (χ2n) is 1.71. The Balaban J connectivity index is 2.91. The average Bonchev–Trinajstić information content (AvgIpc) is 2.12. The van der Waals surface area contributed by atoms with Crippen LogP contribution in [0.2, 0.25) is 0 Å². The molecular weight excluding hydrogens is 156 g/mol. The smallest absolute Gasteiger partial charge is 0.0986 e. The molecule has 1 saturated heterocycles. The Hall–Kier alpha value is 0.0400. The molecule has 1 heterocycles. The lowest BCUT2D eigenvalue weighted by molar-refractivity contribution is 0.689. The van der Waals surface area contributed by atoms with Crippen LogP contribution in [0.15, 0.2) is 10.3 Å². The van der Waals surface area contributed by atoms with E-state index in [4.69, 9.17) is 0 Å². The zero-order valence-electron chi connectivity index (χ0n) is 5.12. The minimum atomic E-state index is -0.930. The highest BCUT2D eigenvalue weighted by molar-refractivity contribution is 8.11. The topological polar surface area (TPSA) is 34.1 Å². The first-order valence-electron chi connectivity index (χ1n) is 2.68. The second-order valence-corrected chi connectivity index (χ2v) is 5.04. The summed E-state index contributed by atoms with van der Waals surface area (Å²) in [6.07, 6.45) is 1.69. The molecule has 0 amide bonds. The van der Waals surface area contributed by atoms with E-state index in [9.17, 15) is 8.42 Å². The van der Waals surface area contributed by atoms with Crippen LogP contribution in [0.3, 0.4) is 0 Å². The Labute approximate surface area is 59.3 Å². The predicted octanol–water partition coefficient (Wildman–Crippen LogP) is 0.359. The summed E-state index contributed by atoms with van der Waals surface area (Å²) in [4.78, 5) is 0. The van der Waals surface area contributed by atoms with Gasteiger partial charge >= 0.3 is 0 Å². The van der Waals surface area contributed by atoms with Crippen molar-refractivity contribution in [3.05, 3.63) is 10.3 Å². The van der Waals surface area contributed by atoms with E-state index in [0.717, 1.165) is 0 Å². The first-order valence-corrected chi connectivity index (χ1v) is 5.32. The molecule has 2 nitrogen and oxygen atoms in total. The van der Waals surface area contributed by atoms with Crippen molar-refractivity contribution in [2.24, 2.45) is 0 Å². The summed E-state index contributed by atoms with van der Waals surface area (Å²) in [6, 6.07) is 0. The zero-order chi connectivity index (χ0) is 6.85. The van der Waals surface area contributed by atoms with Gasteiger partial charge in [-0.25, -0.2) is 0 Å². The van der Waals surface area contributed by atoms with E-state index in [0.29, 0.717) is 15.7 Å². The molecule has 0 aromatic heterocycles. The summed E-state index contributed by atoms with van der Waals surface area (Å²) in [5.74, 6) is 1.15. The van der Waals surface area contributed by atoms with Gasteiger partial charge in [-0.3, -0.25) is 8.42 Å². The van der Waals surface area contributed by atoms with Crippen LogP contribution < -0.4 is 0 Å². The standard InChI is InChI=1S/C5H8O2S2/c1-2-5-8(6)3-4-9(5)7/h2H,3-4H2,1H3. The van der Waals surface area contributed by atoms with Gasteiger partial charge in [0.15, 0.2) is 0 Å². The molecule has 4 heteroatoms. The average molecular weight is 164 g/mol. The quantitative estimate of drug-likeness (QED) is 0.518. The van der Waals surface area contributed by atoms with E-state index in [2.05, 4.69) is 0 Å². The molecule has 0 N–H and O–H groups in total. The molecule has 0 aromatic rings. The summed E-state index contributed by atoms with van der Waals surface area (Å²) in [6.45, 7) is 1.77. The molecule has 0 aliphatic carbocycles. The molecule has 1 aliphatic rings. The highest BCUT2D eigenvalue weighted by Gasteiger charge is 2.21. The maximum Gasteiger partial charge on any atom is 0.0986 e. The van der Waals surface area contributed by atoms with Crippen LogP contribution in [0, 0.1) is 0 Å². The lowest BCUT2D eigenvalue weighted by Crippen LogP contribution is -1.87. The second kappa shape index (κ2) is 2.75. The minimum Gasteiger partial charge on any atom is -0.254 e. The molecular formula is C5H8O2S2. The molecule has 0 aromatic carbocycles. The van der Waals surface area contributed by atoms with Gasteiger partial charge in [0.2, 0.25) is 0 Å². The van der Waals surface area contributed by atoms with Crippen molar-refractivity contribution >= 4 is 21.6 Å². The van der Waals surface area contributed by atoms with Gasteiger partial charge < -0.3 is 0 Å². The lowest BCUT2D eigenvalue weighted by atomic mass is 10.8. The first kappa shape index (κ1) is 7.15. The van der Waals surface area contributed by atoms with Crippen molar-refractivity contribution in [2.75, 3.05) is 11.5 Å². The van der Waals surface area contributed by atoms with Crippen LogP contribution >= 0.6 is 0 Å². The Bertz CT molecular complexity index is 177. The van der Waals surface area contributed by atoms with E-state index in [-0.39, 0.29) is 0 Å². The molecule has 0 radical (unpaired) electrons. The van der Waals surface area contributed by atoms with Gasteiger partial charge in [0.05, 0.1) is 25.8 Å². The molecule has 1 fully saturated rings. The third-order valence-electron chi connectivity index (χ3n) is 1.14. The van der Waals surface area contributed by atoms with E-state index < -0.39 is 21.6 Å². The Morgan fingerprint density at radius 3 is 2.00 bits per heavy atom. The summed E-state index contributed by atoms with van der Waals surface area (Å²) in [5.41, 5.74) is 0. The highest BCUT2D eigenvalue weighted by Crippen LogP contribution is 2.15. The number of hydrogen-bond donors (Lipinski definition) is 0. The Kier molecular flexibility index (Phi) is 2.18. The fourth-order valence-electron chi connectivity index (χ4n) is 0.719. The van der Waals surface area contributed by atoms with Gasteiger partial charge in [0.1, 0.15) is 0 Å². The molecule has 0 spiro atoms. The van der Waals surface area contributed by atoms with E-state index >= 15 is 0 Å². The minimum absolute atomic E-state index is 0.576. The van der Waals surface area contributed by atoms with Crippen molar-refractivity contribution in [3.8, 4) is 0 Å². The van der Waals surface area contributed by atoms with Crippen molar-refractivity contribution in [1.29, 1.82) is 0 Å². The monoisotopic (exact) mass is 164 g/mol. The number of hydrogen-bond acceptors (Lipinski definition) is 2. The maximum atomic E-state index is 10.9. The van der Waals surface area contributed by atoms with Crippen molar-refractivity contribution in [1.82, 2.24) is 0 Å². The summed E-state index contributed by atoms with van der Waals surface area (Å²) in [5, 5.41) is 0. The highest BCUT2D eigenvalue weighted by atomic mass is 32.2. The van der Waals surface area contributed by atoms with Crippen LogP contribution in [-0.4, -0.2) is 19.9 Å². The Morgan fingerprint density at radius 2 is 1.78 bits per heavy atom. The van der Waals surface area contributed by atoms with Crippen LogP contribution in [0.4, 0.5) is 0 Å². The number of rotatable bonds is 0. The molecule has 9 heavy (non-hydrogen) atoms. The van der Waals surface area contributed by atoms with Crippen molar-refractivity contribution < 1.29 is 8.42 Å². The van der Waals surface area contributed by atoms with E-state index in [1.807, 2.05) is 0 Å². The van der Waals surface area contributed by atoms with Gasteiger partial charge in [-0.15, -0.1) is 0 Å². The van der Waals surface area contributed by atoms with Gasteiger partial charge in [-0.2, -0.15) is 0 Å². The lowest BCUT2D eigenvalue weighted by Gasteiger charge is -1.87. The van der Waals surface area contributed by atoms with Crippen molar-refractivity contribution in [3.63, 3.8) is 0 Å². The molecule has 0 bridgehead atoms. The summed E-state index contributed by atoms with van der Waals surface area (Å²) in [7, 11) is -1.86. The van der Waals surface area contributed by atoms with E-state index in [1.165, 1.54) is 0 Å². The normalized spacial score (nSPS) is 35.0. The number of allylic oxidation sites excluding steroid dienone is 1. The van der Waals surface area contributed by atoms with Crippen LogP contribution in [0.5, 0.6) is 0 Å². The van der Waals surface area contributed by atoms with Gasteiger partial charge in [-0.1, -0.05) is 6.08 Å². The van der Waals surface area contributed by atoms with Gasteiger partial charge in [-0.05, 0) is 6.92 Å². The fraction of sp³-hybridized carbons (Fsp3) is 0.600. The molecule has 1 rings (SSSR count). The summed E-state index contributed by atoms with van der Waals surface area (Å²) >= 11 is 0. The van der Waals surface area contributed by atoms with Crippen LogP contribution in [-0.2, 0) is 21.6 Å². The molecule has 2 unspecified atom stereocenters. The molecule has 2 atom stereocenters. The Morgan fingerprint density at radius 1 is 1.33 bits per heavy atom. The van der Waals surface area contributed by atoms with E-state index in [1.54, 1.807) is 13.0 Å². The van der Waals surface area contributed by atoms with Crippen LogP contribution in [0.25, 0.3) is 0 Å². The summed E-state index contributed by atoms with van der Waals surface area (Å²) < 4.78 is 22.4. The third-order valence-corrected chi connectivity index (χ3v) is 5.03. The molecule has 52 valence electrons. The van der Waals surface area contributed by atoms with Gasteiger partial charge in [0.25, 0.3) is 0 Å². The van der Waals surface area contributed by atoms with Gasteiger partial charge in [0, 0.05) is 11.5 Å². The third kappa shape index (κ3) is 1.30. The predicted molar refractivity (Wildman–Crippen MR) is 39.8 cm³/mol. The largest absolute Gasteiger partial charge is 0.254 e. The first-order chi connectivity index (χ1) is 4.25. The SMILES string of the molecule is CC=C1S(=O)CCS1=O.